The second-order valence-electron chi connectivity index (χ2n) is 8.47. The molecule has 176 valence electrons. The minimum Gasteiger partial charge on any atom is -0.329 e. The summed E-state index contributed by atoms with van der Waals surface area (Å²) < 4.78 is 0. The number of amides is 1. The van der Waals surface area contributed by atoms with Crippen LogP contribution in [0.4, 0.5) is 34.9 Å². The van der Waals surface area contributed by atoms with E-state index in [9.17, 15) is 4.79 Å². The molecule has 5 rings (SSSR count). The van der Waals surface area contributed by atoms with Gasteiger partial charge in [0, 0.05) is 23.6 Å². The van der Waals surface area contributed by atoms with Crippen LogP contribution in [-0.4, -0.2) is 33.4 Å². The van der Waals surface area contributed by atoms with E-state index in [1.54, 1.807) is 0 Å². The van der Waals surface area contributed by atoms with Crippen LogP contribution in [0.5, 0.6) is 0 Å². The van der Waals surface area contributed by atoms with E-state index in [2.05, 4.69) is 30.9 Å². The van der Waals surface area contributed by atoms with Crippen LogP contribution in [-0.2, 0) is 4.79 Å². The lowest BCUT2D eigenvalue weighted by Crippen LogP contribution is -2.40. The number of benzene rings is 3. The van der Waals surface area contributed by atoms with E-state index < -0.39 is 0 Å². The lowest BCUT2D eigenvalue weighted by atomic mass is 10.2. The van der Waals surface area contributed by atoms with Crippen molar-refractivity contribution < 1.29 is 4.79 Å². The van der Waals surface area contributed by atoms with Crippen LogP contribution >= 0.6 is 0 Å². The first kappa shape index (κ1) is 22.3. The Morgan fingerprint density at radius 3 is 1.91 bits per heavy atom. The van der Waals surface area contributed by atoms with Crippen molar-refractivity contribution in [1.82, 2.24) is 15.0 Å². The fourth-order valence-corrected chi connectivity index (χ4v) is 4.05. The molecule has 0 saturated carbocycles. The Kier molecular flexibility index (Phi) is 6.52. The third-order valence-electron chi connectivity index (χ3n) is 5.81. The summed E-state index contributed by atoms with van der Waals surface area (Å²) in [7, 11) is 0. The number of aromatic nitrogens is 3. The molecule has 8 nitrogen and oxygen atoms in total. The summed E-state index contributed by atoms with van der Waals surface area (Å²) in [5, 5.41) is 9.54. The van der Waals surface area contributed by atoms with E-state index in [4.69, 9.17) is 0 Å². The molecule has 35 heavy (non-hydrogen) atoms. The predicted molar refractivity (Wildman–Crippen MR) is 139 cm³/mol. The highest BCUT2D eigenvalue weighted by molar-refractivity contribution is 5.97. The number of rotatable bonds is 7. The van der Waals surface area contributed by atoms with E-state index in [1.165, 1.54) is 0 Å². The van der Waals surface area contributed by atoms with Gasteiger partial charge in [-0.05, 0) is 56.2 Å². The van der Waals surface area contributed by atoms with Crippen molar-refractivity contribution in [2.45, 2.75) is 25.8 Å². The van der Waals surface area contributed by atoms with Crippen molar-refractivity contribution >= 4 is 40.8 Å². The summed E-state index contributed by atoms with van der Waals surface area (Å²) in [6.45, 7) is 2.71. The van der Waals surface area contributed by atoms with Crippen molar-refractivity contribution in [3.05, 3.63) is 90.5 Å². The summed E-state index contributed by atoms with van der Waals surface area (Å²) in [5.41, 5.74) is 3.66. The standard InChI is InChI=1S/C27H27N7O/c1-19-14-16-22(17-15-19)28-24(35)23-13-8-18-34(23)27-32-25(29-20-9-4-2-5-10-20)31-26(33-27)30-21-11-6-3-7-12-21/h2-7,9-12,14-17,23H,8,13,18H2,1H3,(H,28,35)(H2,29,30,31,32,33)/t23-/m1/s1. The fourth-order valence-electron chi connectivity index (χ4n) is 4.05. The maximum Gasteiger partial charge on any atom is 0.247 e. The molecule has 0 aliphatic carbocycles. The lowest BCUT2D eigenvalue weighted by Gasteiger charge is -2.24. The van der Waals surface area contributed by atoms with Gasteiger partial charge in [-0.2, -0.15) is 15.0 Å². The van der Waals surface area contributed by atoms with Crippen LogP contribution in [0.15, 0.2) is 84.9 Å². The Hall–Kier alpha value is -4.46. The molecule has 0 bridgehead atoms. The van der Waals surface area contributed by atoms with Crippen molar-refractivity contribution in [3.63, 3.8) is 0 Å². The van der Waals surface area contributed by atoms with Crippen LogP contribution < -0.4 is 20.9 Å². The van der Waals surface area contributed by atoms with Crippen LogP contribution in [0.2, 0.25) is 0 Å². The minimum atomic E-state index is -0.368. The van der Waals surface area contributed by atoms with Crippen molar-refractivity contribution in [1.29, 1.82) is 0 Å². The first-order valence-electron chi connectivity index (χ1n) is 11.7. The molecule has 0 unspecified atom stereocenters. The number of carbonyl (C=O) groups is 1. The van der Waals surface area contributed by atoms with E-state index >= 15 is 0 Å². The van der Waals surface area contributed by atoms with Gasteiger partial charge in [-0.1, -0.05) is 54.1 Å². The maximum absolute atomic E-state index is 13.2. The number of anilines is 6. The Labute approximate surface area is 204 Å². The SMILES string of the molecule is Cc1ccc(NC(=O)[C@H]2CCCN2c2nc(Nc3ccccc3)nc(Nc3ccccc3)n2)cc1. The van der Waals surface area contributed by atoms with Gasteiger partial charge < -0.3 is 20.9 Å². The molecule has 3 N–H and O–H groups in total. The molecule has 1 aromatic heterocycles. The van der Waals surface area contributed by atoms with E-state index in [0.717, 1.165) is 35.5 Å². The number of aryl methyl sites for hydroxylation is 1. The maximum atomic E-state index is 13.2. The third kappa shape index (κ3) is 5.55. The molecule has 0 radical (unpaired) electrons. The van der Waals surface area contributed by atoms with Crippen molar-refractivity contribution in [3.8, 4) is 0 Å². The highest BCUT2D eigenvalue weighted by Gasteiger charge is 2.33. The Morgan fingerprint density at radius 2 is 1.34 bits per heavy atom. The zero-order valence-corrected chi connectivity index (χ0v) is 19.5. The molecular weight excluding hydrogens is 438 g/mol. The van der Waals surface area contributed by atoms with E-state index in [1.807, 2.05) is 96.8 Å². The molecule has 8 heteroatoms. The van der Waals surface area contributed by atoms with Gasteiger partial charge in [-0.25, -0.2) is 0 Å². The monoisotopic (exact) mass is 465 g/mol. The normalized spacial score (nSPS) is 15.0. The van der Waals surface area contributed by atoms with Gasteiger partial charge in [-0.3, -0.25) is 4.79 Å². The van der Waals surface area contributed by atoms with E-state index in [-0.39, 0.29) is 11.9 Å². The molecule has 1 saturated heterocycles. The molecule has 1 aliphatic rings. The molecule has 1 atom stereocenters. The molecule has 1 fully saturated rings. The summed E-state index contributed by atoms with van der Waals surface area (Å²) in [6, 6.07) is 26.9. The highest BCUT2D eigenvalue weighted by atomic mass is 16.2. The molecule has 1 aliphatic heterocycles. The topological polar surface area (TPSA) is 95.1 Å². The van der Waals surface area contributed by atoms with Crippen molar-refractivity contribution in [2.75, 3.05) is 27.4 Å². The van der Waals surface area contributed by atoms with Gasteiger partial charge in [0.05, 0.1) is 0 Å². The number of hydrogen-bond acceptors (Lipinski definition) is 7. The Bertz CT molecular complexity index is 1220. The number of carbonyl (C=O) groups excluding carboxylic acids is 1. The van der Waals surface area contributed by atoms with Gasteiger partial charge in [0.2, 0.25) is 23.8 Å². The Balaban J connectivity index is 1.43. The minimum absolute atomic E-state index is 0.0677. The van der Waals surface area contributed by atoms with Crippen LogP contribution in [0, 0.1) is 6.92 Å². The predicted octanol–water partition coefficient (Wildman–Crippen LogP) is 5.27. The Morgan fingerprint density at radius 1 is 0.771 bits per heavy atom. The average Bonchev–Trinajstić information content (AvgIpc) is 3.37. The smallest absolute Gasteiger partial charge is 0.247 e. The summed E-state index contributed by atoms with van der Waals surface area (Å²) in [6.07, 6.45) is 1.60. The van der Waals surface area contributed by atoms with Gasteiger partial charge in [-0.15, -0.1) is 0 Å². The number of hydrogen-bond donors (Lipinski definition) is 3. The quantitative estimate of drug-likeness (QED) is 0.342. The third-order valence-corrected chi connectivity index (χ3v) is 5.81. The summed E-state index contributed by atoms with van der Waals surface area (Å²) in [4.78, 5) is 29.1. The molecule has 0 spiro atoms. The first-order valence-corrected chi connectivity index (χ1v) is 11.7. The van der Waals surface area contributed by atoms with Gasteiger partial charge >= 0.3 is 0 Å². The molecule has 2 heterocycles. The van der Waals surface area contributed by atoms with Crippen LogP contribution in [0.1, 0.15) is 18.4 Å². The molecule has 3 aromatic carbocycles. The zero-order chi connectivity index (χ0) is 24.0. The van der Waals surface area contributed by atoms with Gasteiger partial charge in [0.1, 0.15) is 6.04 Å². The lowest BCUT2D eigenvalue weighted by molar-refractivity contribution is -0.117. The molecule has 1 amide bonds. The number of para-hydroxylation sites is 2. The van der Waals surface area contributed by atoms with Crippen LogP contribution in [0.3, 0.4) is 0 Å². The summed E-state index contributed by atoms with van der Waals surface area (Å²) in [5.74, 6) is 1.20. The summed E-state index contributed by atoms with van der Waals surface area (Å²) >= 11 is 0. The molecule has 4 aromatic rings. The average molecular weight is 466 g/mol. The fraction of sp³-hybridized carbons (Fsp3) is 0.185. The second kappa shape index (κ2) is 10.2. The highest BCUT2D eigenvalue weighted by Crippen LogP contribution is 2.27. The van der Waals surface area contributed by atoms with E-state index in [0.29, 0.717) is 24.4 Å². The first-order chi connectivity index (χ1) is 17.1. The number of nitrogens with zero attached hydrogens (tertiary/aromatic N) is 4. The molecular formula is C27H27N7O. The van der Waals surface area contributed by atoms with Gasteiger partial charge in [0.25, 0.3) is 0 Å². The van der Waals surface area contributed by atoms with Crippen molar-refractivity contribution in [2.24, 2.45) is 0 Å². The zero-order valence-electron chi connectivity index (χ0n) is 19.5. The van der Waals surface area contributed by atoms with Gasteiger partial charge in [0.15, 0.2) is 0 Å². The largest absolute Gasteiger partial charge is 0.329 e. The number of nitrogens with one attached hydrogen (secondary N) is 3. The van der Waals surface area contributed by atoms with Crippen LogP contribution in [0.25, 0.3) is 0 Å². The second-order valence-corrected chi connectivity index (χ2v) is 8.47.